The number of aromatic hydroxyl groups is 1. The van der Waals surface area contributed by atoms with Gasteiger partial charge in [0, 0.05) is 12.2 Å². The molecule has 1 heterocycles. The van der Waals surface area contributed by atoms with Gasteiger partial charge >= 0.3 is 0 Å². The Balaban J connectivity index is 2.73. The van der Waals surface area contributed by atoms with E-state index in [0.29, 0.717) is 5.75 Å². The van der Waals surface area contributed by atoms with Crippen molar-refractivity contribution < 1.29 is 5.11 Å². The summed E-state index contributed by atoms with van der Waals surface area (Å²) in [6, 6.07) is 3.55. The molecule has 0 fully saturated rings. The van der Waals surface area contributed by atoms with Crippen LogP contribution in [0.1, 0.15) is 31.7 Å². The standard InChI is InChI=1S/C12H20N2O/c1-4-8-14(5-2)9-11-12(15)7-6-10(3)13-11/h6-7,15H,4-5,8-9H2,1-3H3. The third-order valence-electron chi connectivity index (χ3n) is 2.45. The van der Waals surface area contributed by atoms with Gasteiger partial charge in [-0.3, -0.25) is 9.88 Å². The number of hydrogen-bond donors (Lipinski definition) is 1. The first-order chi connectivity index (χ1) is 7.17. The minimum Gasteiger partial charge on any atom is -0.506 e. The van der Waals surface area contributed by atoms with Gasteiger partial charge in [-0.2, -0.15) is 0 Å². The molecule has 1 aromatic heterocycles. The molecule has 3 heteroatoms. The van der Waals surface area contributed by atoms with Crippen LogP contribution in [0.25, 0.3) is 0 Å². The van der Waals surface area contributed by atoms with Crippen molar-refractivity contribution in [2.45, 2.75) is 33.7 Å². The van der Waals surface area contributed by atoms with Crippen LogP contribution in [0.2, 0.25) is 0 Å². The number of pyridine rings is 1. The molecule has 0 unspecified atom stereocenters. The van der Waals surface area contributed by atoms with Gasteiger partial charge in [-0.25, -0.2) is 0 Å². The number of rotatable bonds is 5. The second-order valence-electron chi connectivity index (χ2n) is 3.79. The third-order valence-corrected chi connectivity index (χ3v) is 2.45. The Bertz CT molecular complexity index is 312. The molecule has 1 rings (SSSR count). The molecule has 0 saturated carbocycles. The van der Waals surface area contributed by atoms with Crippen molar-refractivity contribution in [2.24, 2.45) is 0 Å². The second kappa shape index (κ2) is 5.71. The van der Waals surface area contributed by atoms with Crippen molar-refractivity contribution in [2.75, 3.05) is 13.1 Å². The molecule has 0 atom stereocenters. The maximum Gasteiger partial charge on any atom is 0.138 e. The van der Waals surface area contributed by atoms with Gasteiger partial charge in [-0.15, -0.1) is 0 Å². The fourth-order valence-electron chi connectivity index (χ4n) is 1.60. The molecule has 0 aliphatic heterocycles. The van der Waals surface area contributed by atoms with Crippen LogP contribution in [0.5, 0.6) is 5.75 Å². The zero-order chi connectivity index (χ0) is 11.3. The molecular formula is C12H20N2O. The fourth-order valence-corrected chi connectivity index (χ4v) is 1.60. The maximum absolute atomic E-state index is 9.66. The minimum absolute atomic E-state index is 0.301. The fraction of sp³-hybridized carbons (Fsp3) is 0.583. The third kappa shape index (κ3) is 3.51. The minimum atomic E-state index is 0.301. The molecular weight excluding hydrogens is 188 g/mol. The van der Waals surface area contributed by atoms with E-state index in [4.69, 9.17) is 0 Å². The van der Waals surface area contributed by atoms with Crippen LogP contribution in [0.4, 0.5) is 0 Å². The monoisotopic (exact) mass is 208 g/mol. The van der Waals surface area contributed by atoms with E-state index in [1.165, 1.54) is 0 Å². The first-order valence-electron chi connectivity index (χ1n) is 5.55. The van der Waals surface area contributed by atoms with Crippen LogP contribution in [0.15, 0.2) is 12.1 Å². The average molecular weight is 208 g/mol. The Morgan fingerprint density at radius 2 is 2.07 bits per heavy atom. The lowest BCUT2D eigenvalue weighted by Crippen LogP contribution is -2.24. The SMILES string of the molecule is CCCN(CC)Cc1nc(C)ccc1O. The number of aromatic nitrogens is 1. The molecule has 0 spiro atoms. The predicted octanol–water partition coefficient (Wildman–Crippen LogP) is 2.33. The van der Waals surface area contributed by atoms with E-state index >= 15 is 0 Å². The smallest absolute Gasteiger partial charge is 0.138 e. The zero-order valence-electron chi connectivity index (χ0n) is 9.82. The lowest BCUT2D eigenvalue weighted by Gasteiger charge is -2.19. The highest BCUT2D eigenvalue weighted by Crippen LogP contribution is 2.16. The van der Waals surface area contributed by atoms with E-state index in [1.807, 2.05) is 13.0 Å². The van der Waals surface area contributed by atoms with Gasteiger partial charge in [0.2, 0.25) is 0 Å². The van der Waals surface area contributed by atoms with Gasteiger partial charge in [0.25, 0.3) is 0 Å². The van der Waals surface area contributed by atoms with E-state index < -0.39 is 0 Å². The van der Waals surface area contributed by atoms with Gasteiger partial charge in [-0.05, 0) is 38.6 Å². The van der Waals surface area contributed by atoms with Gasteiger partial charge in [0.15, 0.2) is 0 Å². The quantitative estimate of drug-likeness (QED) is 0.806. The molecule has 0 radical (unpaired) electrons. The Morgan fingerprint density at radius 1 is 1.33 bits per heavy atom. The molecule has 0 saturated heterocycles. The highest BCUT2D eigenvalue weighted by molar-refractivity contribution is 5.27. The van der Waals surface area contributed by atoms with E-state index in [2.05, 4.69) is 23.7 Å². The molecule has 1 N–H and O–H groups in total. The normalized spacial score (nSPS) is 10.9. The second-order valence-corrected chi connectivity index (χ2v) is 3.79. The van der Waals surface area contributed by atoms with E-state index in [0.717, 1.165) is 37.4 Å². The molecule has 0 aromatic carbocycles. The highest BCUT2D eigenvalue weighted by atomic mass is 16.3. The van der Waals surface area contributed by atoms with E-state index in [1.54, 1.807) is 6.07 Å². The summed E-state index contributed by atoms with van der Waals surface area (Å²) in [7, 11) is 0. The largest absolute Gasteiger partial charge is 0.506 e. The molecule has 84 valence electrons. The molecule has 0 amide bonds. The number of nitrogens with zero attached hydrogens (tertiary/aromatic N) is 2. The Labute approximate surface area is 91.8 Å². The number of aryl methyl sites for hydroxylation is 1. The van der Waals surface area contributed by atoms with Crippen molar-refractivity contribution in [3.63, 3.8) is 0 Å². The molecule has 0 aliphatic carbocycles. The summed E-state index contributed by atoms with van der Waals surface area (Å²) in [5, 5.41) is 9.66. The first kappa shape index (κ1) is 12.0. The summed E-state index contributed by atoms with van der Waals surface area (Å²) in [6.07, 6.45) is 1.13. The molecule has 1 aromatic rings. The summed E-state index contributed by atoms with van der Waals surface area (Å²) < 4.78 is 0. The lowest BCUT2D eigenvalue weighted by molar-refractivity contribution is 0.272. The molecule has 0 bridgehead atoms. The molecule has 15 heavy (non-hydrogen) atoms. The van der Waals surface area contributed by atoms with Crippen molar-refractivity contribution in [1.82, 2.24) is 9.88 Å². The van der Waals surface area contributed by atoms with Crippen molar-refractivity contribution in [3.05, 3.63) is 23.5 Å². The number of hydrogen-bond acceptors (Lipinski definition) is 3. The van der Waals surface area contributed by atoms with Crippen LogP contribution < -0.4 is 0 Å². The summed E-state index contributed by atoms with van der Waals surface area (Å²) in [4.78, 5) is 6.63. The summed E-state index contributed by atoms with van der Waals surface area (Å²) >= 11 is 0. The maximum atomic E-state index is 9.66. The highest BCUT2D eigenvalue weighted by Gasteiger charge is 2.07. The van der Waals surface area contributed by atoms with Gasteiger partial charge in [0.05, 0.1) is 5.69 Å². The van der Waals surface area contributed by atoms with Gasteiger partial charge < -0.3 is 5.11 Å². The van der Waals surface area contributed by atoms with Gasteiger partial charge in [-0.1, -0.05) is 13.8 Å². The summed E-state index contributed by atoms with van der Waals surface area (Å²) in [6.45, 7) is 9.00. The van der Waals surface area contributed by atoms with Crippen LogP contribution in [0, 0.1) is 6.92 Å². The van der Waals surface area contributed by atoms with E-state index in [-0.39, 0.29) is 0 Å². The van der Waals surface area contributed by atoms with Crippen molar-refractivity contribution in [3.8, 4) is 5.75 Å². The predicted molar refractivity (Wildman–Crippen MR) is 61.9 cm³/mol. The first-order valence-corrected chi connectivity index (χ1v) is 5.55. The van der Waals surface area contributed by atoms with Crippen LogP contribution >= 0.6 is 0 Å². The summed E-state index contributed by atoms with van der Waals surface area (Å²) in [5.74, 6) is 0.301. The lowest BCUT2D eigenvalue weighted by atomic mass is 10.2. The van der Waals surface area contributed by atoms with Crippen LogP contribution in [-0.4, -0.2) is 28.1 Å². The average Bonchev–Trinajstić information content (AvgIpc) is 2.22. The zero-order valence-corrected chi connectivity index (χ0v) is 9.82. The Kier molecular flexibility index (Phi) is 4.56. The molecule has 0 aliphatic rings. The topological polar surface area (TPSA) is 36.4 Å². The Morgan fingerprint density at radius 3 is 2.67 bits per heavy atom. The molecule has 3 nitrogen and oxygen atoms in total. The summed E-state index contributed by atoms with van der Waals surface area (Å²) in [5.41, 5.74) is 1.74. The van der Waals surface area contributed by atoms with E-state index in [9.17, 15) is 5.11 Å². The van der Waals surface area contributed by atoms with Crippen molar-refractivity contribution >= 4 is 0 Å². The van der Waals surface area contributed by atoms with Gasteiger partial charge in [0.1, 0.15) is 5.75 Å². The van der Waals surface area contributed by atoms with Crippen LogP contribution in [0.3, 0.4) is 0 Å². The van der Waals surface area contributed by atoms with Crippen LogP contribution in [-0.2, 0) is 6.54 Å². The van der Waals surface area contributed by atoms with Crippen molar-refractivity contribution in [1.29, 1.82) is 0 Å². The Hall–Kier alpha value is -1.09.